The second-order valence-electron chi connectivity index (χ2n) is 3.63. The largest absolute Gasteiger partial charge is 0.393 e. The van der Waals surface area contributed by atoms with Crippen molar-refractivity contribution in [3.8, 4) is 0 Å². The minimum Gasteiger partial charge on any atom is -0.393 e. The van der Waals surface area contributed by atoms with Gasteiger partial charge in [0.05, 0.1) is 12.2 Å². The monoisotopic (exact) mass is 142 g/mol. The Morgan fingerprint density at radius 2 is 1.40 bits per heavy atom. The van der Waals surface area contributed by atoms with E-state index >= 15 is 0 Å². The maximum atomic E-state index is 9.41. The van der Waals surface area contributed by atoms with Gasteiger partial charge in [0, 0.05) is 0 Å². The zero-order valence-corrected chi connectivity index (χ0v) is 6.03. The summed E-state index contributed by atoms with van der Waals surface area (Å²) in [7, 11) is 0. The summed E-state index contributed by atoms with van der Waals surface area (Å²) in [5.41, 5.74) is 0. The highest BCUT2D eigenvalue weighted by atomic mass is 16.3. The van der Waals surface area contributed by atoms with E-state index < -0.39 is 0 Å². The molecule has 0 spiro atoms. The van der Waals surface area contributed by atoms with Crippen LogP contribution in [0.2, 0.25) is 0 Å². The van der Waals surface area contributed by atoms with Gasteiger partial charge in [0.15, 0.2) is 0 Å². The third-order valence-corrected chi connectivity index (χ3v) is 3.10. The molecule has 4 unspecified atom stereocenters. The number of aliphatic hydroxyl groups is 2. The molecule has 0 amide bonds. The fourth-order valence-electron chi connectivity index (χ4n) is 2.57. The number of hydrogen-bond donors (Lipinski definition) is 2. The molecule has 0 aromatic heterocycles. The Labute approximate surface area is 60.9 Å². The van der Waals surface area contributed by atoms with Crippen LogP contribution in [-0.2, 0) is 0 Å². The molecule has 0 bridgehead atoms. The zero-order valence-electron chi connectivity index (χ0n) is 6.03. The van der Waals surface area contributed by atoms with Gasteiger partial charge < -0.3 is 10.2 Å². The Balaban J connectivity index is 2.11. The molecule has 0 heterocycles. The third kappa shape index (κ3) is 0.789. The van der Waals surface area contributed by atoms with Crippen LogP contribution in [0.4, 0.5) is 0 Å². The van der Waals surface area contributed by atoms with E-state index in [0.717, 1.165) is 12.8 Å². The van der Waals surface area contributed by atoms with Crippen LogP contribution in [0.1, 0.15) is 25.7 Å². The van der Waals surface area contributed by atoms with Crippen molar-refractivity contribution in [3.05, 3.63) is 0 Å². The predicted molar refractivity (Wildman–Crippen MR) is 37.5 cm³/mol. The van der Waals surface area contributed by atoms with Crippen molar-refractivity contribution in [3.63, 3.8) is 0 Å². The molecule has 4 atom stereocenters. The summed E-state index contributed by atoms with van der Waals surface area (Å²) in [6, 6.07) is 0. The van der Waals surface area contributed by atoms with Crippen LogP contribution in [-0.4, -0.2) is 22.4 Å². The van der Waals surface area contributed by atoms with Gasteiger partial charge in [-0.2, -0.15) is 0 Å². The summed E-state index contributed by atoms with van der Waals surface area (Å²) in [5, 5.41) is 18.8. The lowest BCUT2D eigenvalue weighted by Gasteiger charge is -2.12. The van der Waals surface area contributed by atoms with Crippen LogP contribution >= 0.6 is 0 Å². The highest BCUT2D eigenvalue weighted by Crippen LogP contribution is 2.43. The van der Waals surface area contributed by atoms with Crippen molar-refractivity contribution in [1.82, 2.24) is 0 Å². The van der Waals surface area contributed by atoms with Gasteiger partial charge in [0.2, 0.25) is 0 Å². The van der Waals surface area contributed by atoms with Gasteiger partial charge in [-0.05, 0) is 31.1 Å². The minimum absolute atomic E-state index is 0.206. The molecule has 2 rings (SSSR count). The second kappa shape index (κ2) is 2.21. The van der Waals surface area contributed by atoms with Crippen LogP contribution in [0.5, 0.6) is 0 Å². The standard InChI is InChI=1S/C8H14O2/c9-7-4-8(10)6-3-1-2-5(6)7/h5-10H,1-4H2. The van der Waals surface area contributed by atoms with Gasteiger partial charge in [-0.3, -0.25) is 0 Å². The zero-order chi connectivity index (χ0) is 7.14. The van der Waals surface area contributed by atoms with Gasteiger partial charge in [-0.1, -0.05) is 6.42 Å². The van der Waals surface area contributed by atoms with E-state index in [9.17, 15) is 10.2 Å². The van der Waals surface area contributed by atoms with E-state index in [2.05, 4.69) is 0 Å². The first-order chi connectivity index (χ1) is 4.79. The van der Waals surface area contributed by atoms with Crippen molar-refractivity contribution >= 4 is 0 Å². The summed E-state index contributed by atoms with van der Waals surface area (Å²) < 4.78 is 0. The predicted octanol–water partition coefficient (Wildman–Crippen LogP) is 0.528. The van der Waals surface area contributed by atoms with Gasteiger partial charge in [-0.15, -0.1) is 0 Å². The van der Waals surface area contributed by atoms with Crippen LogP contribution in [0, 0.1) is 11.8 Å². The number of aliphatic hydroxyl groups excluding tert-OH is 2. The summed E-state index contributed by atoms with van der Waals surface area (Å²) >= 11 is 0. The molecular weight excluding hydrogens is 128 g/mol. The Kier molecular flexibility index (Phi) is 1.46. The van der Waals surface area contributed by atoms with Crippen LogP contribution < -0.4 is 0 Å². The molecule has 0 saturated heterocycles. The lowest BCUT2D eigenvalue weighted by atomic mass is 9.98. The van der Waals surface area contributed by atoms with Gasteiger partial charge in [0.1, 0.15) is 0 Å². The quantitative estimate of drug-likeness (QED) is 0.518. The third-order valence-electron chi connectivity index (χ3n) is 3.10. The van der Waals surface area contributed by atoms with Crippen molar-refractivity contribution in [2.24, 2.45) is 11.8 Å². The smallest absolute Gasteiger partial charge is 0.0596 e. The van der Waals surface area contributed by atoms with Crippen LogP contribution in [0.3, 0.4) is 0 Å². The van der Waals surface area contributed by atoms with E-state index in [-0.39, 0.29) is 12.2 Å². The maximum absolute atomic E-state index is 9.41. The van der Waals surface area contributed by atoms with E-state index in [4.69, 9.17) is 0 Å². The van der Waals surface area contributed by atoms with Crippen molar-refractivity contribution in [2.45, 2.75) is 37.9 Å². The Bertz CT molecular complexity index is 121. The molecule has 2 heteroatoms. The number of hydrogen-bond acceptors (Lipinski definition) is 2. The molecule has 0 aliphatic heterocycles. The molecule has 0 aromatic carbocycles. The molecule has 2 fully saturated rings. The molecule has 2 saturated carbocycles. The lowest BCUT2D eigenvalue weighted by Crippen LogP contribution is -2.15. The summed E-state index contributed by atoms with van der Waals surface area (Å²) in [6.07, 6.45) is 3.66. The van der Waals surface area contributed by atoms with E-state index in [1.165, 1.54) is 6.42 Å². The summed E-state index contributed by atoms with van der Waals surface area (Å²) in [4.78, 5) is 0. The van der Waals surface area contributed by atoms with Gasteiger partial charge in [0.25, 0.3) is 0 Å². The first kappa shape index (κ1) is 6.62. The SMILES string of the molecule is OC1CC(O)C2CCCC12. The van der Waals surface area contributed by atoms with Crippen molar-refractivity contribution < 1.29 is 10.2 Å². The summed E-state index contributed by atoms with van der Waals surface area (Å²) in [5.74, 6) is 0.852. The average Bonchev–Trinajstić information content (AvgIpc) is 2.39. The second-order valence-corrected chi connectivity index (χ2v) is 3.63. The van der Waals surface area contributed by atoms with Crippen LogP contribution in [0.25, 0.3) is 0 Å². The molecule has 10 heavy (non-hydrogen) atoms. The fourth-order valence-corrected chi connectivity index (χ4v) is 2.57. The molecule has 2 aliphatic carbocycles. The Morgan fingerprint density at radius 1 is 0.900 bits per heavy atom. The first-order valence-electron chi connectivity index (χ1n) is 4.15. The minimum atomic E-state index is -0.206. The molecular formula is C8H14O2. The summed E-state index contributed by atoms with van der Waals surface area (Å²) in [6.45, 7) is 0. The average molecular weight is 142 g/mol. The lowest BCUT2D eigenvalue weighted by molar-refractivity contribution is 0.114. The highest BCUT2D eigenvalue weighted by Gasteiger charge is 2.43. The first-order valence-corrected chi connectivity index (χ1v) is 4.15. The number of rotatable bonds is 0. The molecule has 58 valence electrons. The van der Waals surface area contributed by atoms with Crippen molar-refractivity contribution in [2.75, 3.05) is 0 Å². The molecule has 0 radical (unpaired) electrons. The molecule has 2 aliphatic rings. The van der Waals surface area contributed by atoms with Crippen molar-refractivity contribution in [1.29, 1.82) is 0 Å². The van der Waals surface area contributed by atoms with E-state index in [1.54, 1.807) is 0 Å². The van der Waals surface area contributed by atoms with Crippen LogP contribution in [0.15, 0.2) is 0 Å². The maximum Gasteiger partial charge on any atom is 0.0596 e. The van der Waals surface area contributed by atoms with Gasteiger partial charge >= 0.3 is 0 Å². The molecule has 0 aromatic rings. The highest BCUT2D eigenvalue weighted by molar-refractivity contribution is 4.94. The number of fused-ring (bicyclic) bond motifs is 1. The van der Waals surface area contributed by atoms with E-state index in [0.29, 0.717) is 18.3 Å². The Morgan fingerprint density at radius 3 is 1.90 bits per heavy atom. The fraction of sp³-hybridized carbons (Fsp3) is 1.00. The normalized spacial score (nSPS) is 53.4. The molecule has 2 N–H and O–H groups in total. The topological polar surface area (TPSA) is 40.5 Å². The van der Waals surface area contributed by atoms with E-state index in [1.807, 2.05) is 0 Å². The molecule has 2 nitrogen and oxygen atoms in total. The Hall–Kier alpha value is -0.0800. The van der Waals surface area contributed by atoms with Gasteiger partial charge in [-0.25, -0.2) is 0 Å².